The van der Waals surface area contributed by atoms with Crippen molar-refractivity contribution in [3.63, 3.8) is 0 Å². The second-order valence-corrected chi connectivity index (χ2v) is 8.04. The molecule has 0 saturated heterocycles. The molecule has 0 bridgehead atoms. The third-order valence-electron chi connectivity index (χ3n) is 5.23. The third-order valence-corrected chi connectivity index (χ3v) is 5.43. The molecule has 0 saturated carbocycles. The van der Waals surface area contributed by atoms with Crippen molar-refractivity contribution >= 4 is 50.9 Å². The molecule has 0 aliphatic carbocycles. The van der Waals surface area contributed by atoms with Crippen molar-refractivity contribution < 1.29 is 13.9 Å². The molecule has 0 radical (unpaired) electrons. The maximum Gasteiger partial charge on any atom is 0.293 e. The van der Waals surface area contributed by atoms with Crippen LogP contribution in [-0.4, -0.2) is 32.6 Å². The number of hydrogen-bond donors (Lipinski definition) is 2. The standard InChI is InChI=1S/C25H21N5O3S/c1-3-32-18-10-8-17(9-11-18)30-28-20-12-15(2)19(14-21(20)29-30)26-25(34)27-24(31)23-13-16-6-4-5-7-22(16)33-23/h4-14H,3H2,1-2H3,(H2,26,27,31,34). The Morgan fingerprint density at radius 2 is 1.79 bits per heavy atom. The van der Waals surface area contributed by atoms with Gasteiger partial charge in [-0.2, -0.15) is 4.80 Å². The van der Waals surface area contributed by atoms with E-state index in [0.29, 0.717) is 17.7 Å². The molecule has 0 fully saturated rings. The molecule has 8 nitrogen and oxygen atoms in total. The number of para-hydroxylation sites is 1. The molecule has 0 aliphatic heterocycles. The Hall–Kier alpha value is -4.24. The van der Waals surface area contributed by atoms with Crippen LogP contribution in [0.15, 0.2) is 71.1 Å². The zero-order chi connectivity index (χ0) is 23.7. The molecule has 0 unspecified atom stereocenters. The minimum atomic E-state index is -0.422. The van der Waals surface area contributed by atoms with Crippen LogP contribution in [0.2, 0.25) is 0 Å². The van der Waals surface area contributed by atoms with Crippen LogP contribution in [0.3, 0.4) is 0 Å². The summed E-state index contributed by atoms with van der Waals surface area (Å²) in [5, 5.41) is 15.9. The Kier molecular flexibility index (Phi) is 5.69. The van der Waals surface area contributed by atoms with Gasteiger partial charge in [0.05, 0.1) is 12.3 Å². The number of carbonyl (C=O) groups excluding carboxylic acids is 1. The molecule has 9 heteroatoms. The second kappa shape index (κ2) is 8.95. The van der Waals surface area contributed by atoms with Crippen molar-refractivity contribution in [1.82, 2.24) is 20.3 Å². The van der Waals surface area contributed by atoms with Crippen molar-refractivity contribution in [2.75, 3.05) is 11.9 Å². The summed E-state index contributed by atoms with van der Waals surface area (Å²) in [5.74, 6) is 0.563. The lowest BCUT2D eigenvalue weighted by atomic mass is 10.2. The van der Waals surface area contributed by atoms with Crippen LogP contribution in [-0.2, 0) is 0 Å². The smallest absolute Gasteiger partial charge is 0.293 e. The molecule has 0 atom stereocenters. The number of furan rings is 1. The number of fused-ring (bicyclic) bond motifs is 2. The van der Waals surface area contributed by atoms with Gasteiger partial charge in [-0.05, 0) is 80.2 Å². The van der Waals surface area contributed by atoms with Gasteiger partial charge in [-0.15, -0.1) is 10.2 Å². The van der Waals surface area contributed by atoms with Gasteiger partial charge in [0.2, 0.25) is 0 Å². The molecule has 5 rings (SSSR count). The van der Waals surface area contributed by atoms with Crippen LogP contribution < -0.4 is 15.4 Å². The number of amides is 1. The van der Waals surface area contributed by atoms with Crippen LogP contribution in [0, 0.1) is 6.92 Å². The van der Waals surface area contributed by atoms with Gasteiger partial charge in [-0.1, -0.05) is 18.2 Å². The first-order valence-electron chi connectivity index (χ1n) is 10.7. The number of benzene rings is 3. The Labute approximate surface area is 200 Å². The number of nitrogens with zero attached hydrogens (tertiary/aromatic N) is 3. The fourth-order valence-corrected chi connectivity index (χ4v) is 3.78. The highest BCUT2D eigenvalue weighted by atomic mass is 32.1. The highest BCUT2D eigenvalue weighted by Crippen LogP contribution is 2.23. The van der Waals surface area contributed by atoms with Gasteiger partial charge in [-0.3, -0.25) is 10.1 Å². The number of ether oxygens (including phenoxy) is 1. The Morgan fingerprint density at radius 3 is 2.53 bits per heavy atom. The van der Waals surface area contributed by atoms with Gasteiger partial charge >= 0.3 is 0 Å². The number of anilines is 1. The van der Waals surface area contributed by atoms with Crippen LogP contribution in [0.4, 0.5) is 5.69 Å². The van der Waals surface area contributed by atoms with E-state index in [2.05, 4.69) is 20.8 Å². The summed E-state index contributed by atoms with van der Waals surface area (Å²) >= 11 is 5.35. The zero-order valence-electron chi connectivity index (χ0n) is 18.5. The Balaban J connectivity index is 1.32. The number of nitrogens with one attached hydrogen (secondary N) is 2. The average molecular weight is 472 g/mol. The predicted molar refractivity (Wildman–Crippen MR) is 135 cm³/mol. The van der Waals surface area contributed by atoms with Gasteiger partial charge in [-0.25, -0.2) is 0 Å². The van der Waals surface area contributed by atoms with Gasteiger partial charge in [0.1, 0.15) is 22.4 Å². The molecular formula is C25H21N5O3S. The molecule has 0 aliphatic rings. The fourth-order valence-electron chi connectivity index (χ4n) is 3.57. The lowest BCUT2D eigenvalue weighted by Crippen LogP contribution is -2.34. The maximum absolute atomic E-state index is 12.6. The lowest BCUT2D eigenvalue weighted by molar-refractivity contribution is 0.0953. The van der Waals surface area contributed by atoms with Crippen LogP contribution >= 0.6 is 12.2 Å². The number of aryl methyl sites for hydroxylation is 1. The molecule has 1 amide bonds. The van der Waals surface area contributed by atoms with Crippen LogP contribution in [0.5, 0.6) is 5.75 Å². The van der Waals surface area contributed by atoms with E-state index in [0.717, 1.165) is 33.6 Å². The lowest BCUT2D eigenvalue weighted by Gasteiger charge is -2.10. The minimum Gasteiger partial charge on any atom is -0.494 e. The van der Waals surface area contributed by atoms with Crippen molar-refractivity contribution in [3.8, 4) is 11.4 Å². The van der Waals surface area contributed by atoms with Crippen LogP contribution in [0.25, 0.3) is 27.7 Å². The molecule has 5 aromatic rings. The quantitative estimate of drug-likeness (QED) is 0.348. The van der Waals surface area contributed by atoms with E-state index in [1.165, 1.54) is 0 Å². The normalized spacial score (nSPS) is 11.0. The molecule has 170 valence electrons. The molecule has 34 heavy (non-hydrogen) atoms. The van der Waals surface area contributed by atoms with Gasteiger partial charge in [0, 0.05) is 11.1 Å². The summed E-state index contributed by atoms with van der Waals surface area (Å²) in [6, 6.07) is 20.4. The van der Waals surface area contributed by atoms with E-state index in [-0.39, 0.29) is 10.9 Å². The van der Waals surface area contributed by atoms with E-state index in [1.807, 2.05) is 74.5 Å². The monoisotopic (exact) mass is 471 g/mol. The zero-order valence-corrected chi connectivity index (χ0v) is 19.3. The number of hydrogen-bond acceptors (Lipinski definition) is 6. The first-order chi connectivity index (χ1) is 16.5. The van der Waals surface area contributed by atoms with E-state index in [4.69, 9.17) is 21.4 Å². The summed E-state index contributed by atoms with van der Waals surface area (Å²) in [7, 11) is 0. The largest absolute Gasteiger partial charge is 0.494 e. The second-order valence-electron chi connectivity index (χ2n) is 7.63. The summed E-state index contributed by atoms with van der Waals surface area (Å²) in [4.78, 5) is 14.1. The molecule has 3 aromatic carbocycles. The highest BCUT2D eigenvalue weighted by Gasteiger charge is 2.15. The number of rotatable bonds is 5. The van der Waals surface area contributed by atoms with Crippen molar-refractivity contribution in [1.29, 1.82) is 0 Å². The van der Waals surface area contributed by atoms with Gasteiger partial charge in [0.15, 0.2) is 10.9 Å². The minimum absolute atomic E-state index is 0.159. The Morgan fingerprint density at radius 1 is 1.06 bits per heavy atom. The average Bonchev–Trinajstić information content (AvgIpc) is 3.44. The molecule has 2 N–H and O–H groups in total. The molecular weight excluding hydrogens is 450 g/mol. The van der Waals surface area contributed by atoms with E-state index in [1.54, 1.807) is 10.9 Å². The summed E-state index contributed by atoms with van der Waals surface area (Å²) in [6.07, 6.45) is 0. The highest BCUT2D eigenvalue weighted by molar-refractivity contribution is 7.80. The predicted octanol–water partition coefficient (Wildman–Crippen LogP) is 5.00. The number of carbonyl (C=O) groups is 1. The SMILES string of the molecule is CCOc1ccc(-n2nc3cc(C)c(NC(=S)NC(=O)c4cc5ccccc5o4)cc3n2)cc1. The topological polar surface area (TPSA) is 94.2 Å². The molecule has 2 heterocycles. The summed E-state index contributed by atoms with van der Waals surface area (Å²) in [6.45, 7) is 4.49. The maximum atomic E-state index is 12.6. The third kappa shape index (κ3) is 4.33. The molecule has 2 aromatic heterocycles. The Bertz CT molecular complexity index is 1490. The van der Waals surface area contributed by atoms with Crippen LogP contribution in [0.1, 0.15) is 23.0 Å². The van der Waals surface area contributed by atoms with E-state index in [9.17, 15) is 4.79 Å². The first kappa shape index (κ1) is 21.6. The summed E-state index contributed by atoms with van der Waals surface area (Å²) < 4.78 is 11.1. The number of aromatic nitrogens is 3. The summed E-state index contributed by atoms with van der Waals surface area (Å²) in [5.41, 5.74) is 4.53. The van der Waals surface area contributed by atoms with E-state index >= 15 is 0 Å². The van der Waals surface area contributed by atoms with Gasteiger partial charge < -0.3 is 14.5 Å². The first-order valence-corrected chi connectivity index (χ1v) is 11.1. The number of thiocarbonyl (C=S) groups is 1. The van der Waals surface area contributed by atoms with E-state index < -0.39 is 5.91 Å². The van der Waals surface area contributed by atoms with Crippen molar-refractivity contribution in [3.05, 3.63) is 78.1 Å². The van der Waals surface area contributed by atoms with Gasteiger partial charge in [0.25, 0.3) is 5.91 Å². The van der Waals surface area contributed by atoms with Crippen molar-refractivity contribution in [2.45, 2.75) is 13.8 Å². The molecule has 0 spiro atoms. The fraction of sp³-hybridized carbons (Fsp3) is 0.120. The van der Waals surface area contributed by atoms with Crippen molar-refractivity contribution in [2.24, 2.45) is 0 Å².